The van der Waals surface area contributed by atoms with Crippen LogP contribution in [0.5, 0.6) is 0 Å². The van der Waals surface area contributed by atoms with Gasteiger partial charge >= 0.3 is 0 Å². The molecule has 618 valence electrons. The molecule has 0 fully saturated rings. The maximum Gasteiger partial charge on any atom is 0.165 e. The van der Waals surface area contributed by atoms with Crippen molar-refractivity contribution in [1.82, 2.24) is 43.6 Å². The summed E-state index contributed by atoms with van der Waals surface area (Å²) in [5.74, 6) is 3.52. The highest BCUT2D eigenvalue weighted by atomic mass is 16.3. The van der Waals surface area contributed by atoms with Crippen molar-refractivity contribution in [2.24, 2.45) is 0 Å². The van der Waals surface area contributed by atoms with Crippen LogP contribution in [0.15, 0.2) is 468 Å². The average molecular weight is 1690 g/mol. The van der Waals surface area contributed by atoms with Crippen molar-refractivity contribution in [1.29, 1.82) is 0 Å². The minimum absolute atomic E-state index is 0.575. The van der Waals surface area contributed by atoms with Crippen LogP contribution in [0.1, 0.15) is 0 Å². The van der Waals surface area contributed by atoms with E-state index >= 15 is 0 Å². The van der Waals surface area contributed by atoms with Gasteiger partial charge in [-0.15, -0.1) is 0 Å². The second kappa shape index (κ2) is 32.1. The molecular formula is C120H75N9O3. The first kappa shape index (κ1) is 76.4. The van der Waals surface area contributed by atoms with Gasteiger partial charge in [0, 0.05) is 116 Å². The van der Waals surface area contributed by atoms with Crippen molar-refractivity contribution in [2.45, 2.75) is 0 Å². The van der Waals surface area contributed by atoms with Crippen molar-refractivity contribution in [3.63, 3.8) is 0 Å². The van der Waals surface area contributed by atoms with E-state index in [0.717, 1.165) is 183 Å². The summed E-state index contributed by atoms with van der Waals surface area (Å²) in [6.07, 6.45) is 3.85. The predicted octanol–water partition coefficient (Wildman–Crippen LogP) is 31.4. The molecule has 0 atom stereocenters. The summed E-state index contributed by atoms with van der Waals surface area (Å²) < 4.78 is 25.6. The molecule has 132 heavy (non-hydrogen) atoms. The number of para-hydroxylation sites is 6. The van der Waals surface area contributed by atoms with Crippen molar-refractivity contribution < 1.29 is 13.3 Å². The lowest BCUT2D eigenvalue weighted by molar-refractivity contribution is 0.669. The average Bonchev–Trinajstić information content (AvgIpc) is 1.51. The smallest absolute Gasteiger partial charge is 0.165 e. The third-order valence-corrected chi connectivity index (χ3v) is 25.3. The summed E-state index contributed by atoms with van der Waals surface area (Å²) in [7, 11) is 0. The SMILES string of the molecule is c1ccc(-c2cc(-c3ccc(-n4c5ccccc5c5cc6oc7ccccc7c6cc54)cc3)cc(-c3ccccc3)n2)cc1.c1ccc(-c2cc(-c3ccccc3)cc(-c3ccc(-n4c5ccccc5c5cc6oc7ccccc7c6cc54)nc3)c2)cc1.c1ccc(-c2nc(-c3ccccc3)nc(-c3ccc(-n4c5ccccc5c5cc6oc7ccccc7c6cc54)nc3)n2)cc1. The van der Waals surface area contributed by atoms with E-state index in [9.17, 15) is 0 Å². The van der Waals surface area contributed by atoms with E-state index < -0.39 is 0 Å². The van der Waals surface area contributed by atoms with Crippen LogP contribution in [-0.4, -0.2) is 43.6 Å². The molecule has 10 aromatic heterocycles. The maximum atomic E-state index is 6.26. The van der Waals surface area contributed by atoms with Crippen LogP contribution in [0.25, 0.3) is 250 Å². The van der Waals surface area contributed by atoms with Gasteiger partial charge in [-0.25, -0.2) is 29.9 Å². The Hall–Kier alpha value is -18.0. The van der Waals surface area contributed by atoms with Gasteiger partial charge in [0.15, 0.2) is 17.5 Å². The molecule has 0 saturated carbocycles. The molecule has 0 N–H and O–H groups in total. The molecule has 0 unspecified atom stereocenters. The quantitative estimate of drug-likeness (QED) is 0.117. The summed E-state index contributed by atoms with van der Waals surface area (Å²) in [5, 5.41) is 13.7. The van der Waals surface area contributed by atoms with E-state index in [2.05, 4.69) is 329 Å². The molecule has 0 aliphatic rings. The van der Waals surface area contributed by atoms with Crippen LogP contribution in [-0.2, 0) is 0 Å². The van der Waals surface area contributed by atoms with Crippen molar-refractivity contribution in [3.05, 3.63) is 455 Å². The van der Waals surface area contributed by atoms with Crippen LogP contribution >= 0.6 is 0 Å². The van der Waals surface area contributed by atoms with Crippen LogP contribution < -0.4 is 0 Å². The van der Waals surface area contributed by atoms with Crippen LogP contribution in [0.4, 0.5) is 0 Å². The summed E-state index contributed by atoms with van der Waals surface area (Å²) in [5.41, 5.74) is 29.3. The van der Waals surface area contributed by atoms with E-state index in [-0.39, 0.29) is 0 Å². The number of hydrogen-bond acceptors (Lipinski definition) is 9. The van der Waals surface area contributed by atoms with Gasteiger partial charge in [0.05, 0.1) is 44.5 Å². The highest BCUT2D eigenvalue weighted by Crippen LogP contribution is 2.45. The van der Waals surface area contributed by atoms with Gasteiger partial charge in [0.2, 0.25) is 0 Å². The maximum absolute atomic E-state index is 6.26. The largest absolute Gasteiger partial charge is 0.456 e. The standard InChI is InChI=1S/2C41H26N2O.C38H23N5O/c1-3-11-28(12-4-1)36-23-30(24-37(42-36)29-13-5-2-6-14-29)27-19-21-31(22-20-27)43-38-17-9-7-15-32(38)34-26-41-35(25-39(34)43)33-16-8-10-18-40(33)44-41;1-3-11-27(12-4-1)30-21-31(28-13-5-2-6-14-28)23-32(22-30)29-19-20-41(42-26-29)43-37-17-9-7-15-33(37)35-25-40-36(24-38(35)43)34-16-8-10-18-39(34)44-40;1-3-11-24(12-4-1)36-40-37(25-13-5-2-6-14-25)42-38(41-36)26-19-20-35(39-23-26)43-31-17-9-7-15-27(31)29-22-34-30(21-32(29)43)28-16-8-10-18-33(28)44-34/h2*1-26H;1-23H. The Morgan fingerprint density at radius 1 is 0.159 bits per heavy atom. The van der Waals surface area contributed by atoms with Gasteiger partial charge in [0.25, 0.3) is 0 Å². The van der Waals surface area contributed by atoms with Crippen molar-refractivity contribution in [2.75, 3.05) is 0 Å². The summed E-state index contributed by atoms with van der Waals surface area (Å²) in [6, 6.07) is 154. The second-order valence-corrected chi connectivity index (χ2v) is 33.2. The molecule has 0 amide bonds. The molecule has 12 heteroatoms. The number of hydrogen-bond donors (Lipinski definition) is 0. The Bertz CT molecular complexity index is 8090. The highest BCUT2D eigenvalue weighted by Gasteiger charge is 2.24. The lowest BCUT2D eigenvalue weighted by Crippen LogP contribution is -2.01. The second-order valence-electron chi connectivity index (χ2n) is 33.2. The zero-order chi connectivity index (χ0) is 87.1. The molecular weight excluding hydrogens is 1620 g/mol. The van der Waals surface area contributed by atoms with Crippen molar-refractivity contribution >= 4 is 131 Å². The van der Waals surface area contributed by atoms with Gasteiger partial charge in [-0.05, 0) is 178 Å². The molecule has 0 radical (unpaired) electrons. The first-order chi connectivity index (χ1) is 65.4. The highest BCUT2D eigenvalue weighted by molar-refractivity contribution is 6.20. The summed E-state index contributed by atoms with van der Waals surface area (Å²) in [6.45, 7) is 0. The molecule has 27 aromatic rings. The lowest BCUT2D eigenvalue weighted by atomic mass is 9.94. The Labute approximate surface area is 756 Å². The number of benzene rings is 17. The molecule has 17 aromatic carbocycles. The Morgan fingerprint density at radius 3 is 0.826 bits per heavy atom. The van der Waals surface area contributed by atoms with E-state index in [1.807, 2.05) is 140 Å². The van der Waals surface area contributed by atoms with Crippen LogP contribution in [0, 0.1) is 0 Å². The third-order valence-electron chi connectivity index (χ3n) is 25.3. The van der Waals surface area contributed by atoms with E-state index in [0.29, 0.717) is 17.5 Å². The van der Waals surface area contributed by atoms with Crippen molar-refractivity contribution in [3.8, 4) is 119 Å². The Kier molecular flexibility index (Phi) is 18.6. The number of nitrogens with zero attached hydrogens (tertiary/aromatic N) is 9. The minimum atomic E-state index is 0.575. The van der Waals surface area contributed by atoms with E-state index in [1.54, 1.807) is 0 Å². The Morgan fingerprint density at radius 2 is 0.447 bits per heavy atom. The fourth-order valence-corrected chi connectivity index (χ4v) is 19.0. The van der Waals surface area contributed by atoms with E-state index in [1.165, 1.54) is 49.4 Å². The van der Waals surface area contributed by atoms with Crippen LogP contribution in [0.2, 0.25) is 0 Å². The first-order valence-corrected chi connectivity index (χ1v) is 44.2. The van der Waals surface area contributed by atoms with Gasteiger partial charge in [0.1, 0.15) is 45.1 Å². The molecule has 0 saturated heterocycles. The van der Waals surface area contributed by atoms with Crippen LogP contribution in [0.3, 0.4) is 0 Å². The molecule has 0 spiro atoms. The zero-order valence-electron chi connectivity index (χ0n) is 71.1. The van der Waals surface area contributed by atoms with Gasteiger partial charge < -0.3 is 17.8 Å². The number of aromatic nitrogens is 9. The Balaban J connectivity index is 0.000000106. The van der Waals surface area contributed by atoms with Gasteiger partial charge in [-0.2, -0.15) is 0 Å². The summed E-state index contributed by atoms with van der Waals surface area (Å²) in [4.78, 5) is 29.7. The zero-order valence-corrected chi connectivity index (χ0v) is 71.1. The summed E-state index contributed by atoms with van der Waals surface area (Å²) >= 11 is 0. The molecule has 0 aliphatic carbocycles. The first-order valence-electron chi connectivity index (χ1n) is 44.2. The number of fused-ring (bicyclic) bond motifs is 18. The van der Waals surface area contributed by atoms with E-state index in [4.69, 9.17) is 43.2 Å². The number of rotatable bonds is 12. The molecule has 27 rings (SSSR count). The predicted molar refractivity (Wildman–Crippen MR) is 540 cm³/mol. The fraction of sp³-hybridized carbons (Fsp3) is 0. The molecule has 10 heterocycles. The lowest BCUT2D eigenvalue weighted by Gasteiger charge is -2.12. The molecule has 12 nitrogen and oxygen atoms in total. The van der Waals surface area contributed by atoms with Gasteiger partial charge in [-0.3, -0.25) is 9.13 Å². The number of pyridine rings is 3. The fourth-order valence-electron chi connectivity index (χ4n) is 19.0. The molecule has 0 bridgehead atoms. The third kappa shape index (κ3) is 13.6. The number of furan rings is 3. The normalized spacial score (nSPS) is 11.6. The van der Waals surface area contributed by atoms with Gasteiger partial charge in [-0.1, -0.05) is 303 Å². The monoisotopic (exact) mass is 1690 g/mol. The molecule has 0 aliphatic heterocycles. The topological polar surface area (TPSA) is 132 Å². The minimum Gasteiger partial charge on any atom is -0.456 e.